The molecule has 1 heterocycles. The molecule has 0 atom stereocenters. The van der Waals surface area contributed by atoms with Gasteiger partial charge < -0.3 is 26.0 Å². The van der Waals surface area contributed by atoms with Crippen LogP contribution in [-0.2, 0) is 12.0 Å². The molecule has 1 aromatic carbocycles. The summed E-state index contributed by atoms with van der Waals surface area (Å²) in [5, 5.41) is 10.4. The minimum atomic E-state index is -1.10. The van der Waals surface area contributed by atoms with Gasteiger partial charge in [0.15, 0.2) is 0 Å². The minimum Gasteiger partial charge on any atom is -0.496 e. The van der Waals surface area contributed by atoms with Crippen LogP contribution < -0.4 is 20.9 Å². The summed E-state index contributed by atoms with van der Waals surface area (Å²) in [6.07, 6.45) is 2.10. The average molecular weight is 332 g/mol. The van der Waals surface area contributed by atoms with E-state index in [-0.39, 0.29) is 5.95 Å². The molecule has 7 nitrogen and oxygen atoms in total. The van der Waals surface area contributed by atoms with Crippen LogP contribution in [0.15, 0.2) is 18.3 Å². The molecule has 0 aliphatic carbocycles. The van der Waals surface area contributed by atoms with Crippen LogP contribution in [0.1, 0.15) is 37.5 Å². The van der Waals surface area contributed by atoms with Crippen molar-refractivity contribution in [3.8, 4) is 11.5 Å². The zero-order valence-electron chi connectivity index (χ0n) is 14.5. The second kappa shape index (κ2) is 6.92. The van der Waals surface area contributed by atoms with Crippen LogP contribution in [0.3, 0.4) is 0 Å². The van der Waals surface area contributed by atoms with Crippen LogP contribution in [-0.4, -0.2) is 28.8 Å². The summed E-state index contributed by atoms with van der Waals surface area (Å²) in [6, 6.07) is 3.72. The standard InChI is InChI=1S/C17H24N4O3/c1-5-24-13-8-10(6-11-9-20-16(19)21-15(11)18)7-12(23-4)14(13)17(2,3)22/h7-9,22H,5-6H2,1-4H3,(H4,18,19,20,21). The molecule has 0 unspecified atom stereocenters. The molecule has 0 radical (unpaired) electrons. The minimum absolute atomic E-state index is 0.140. The topological polar surface area (TPSA) is 117 Å². The van der Waals surface area contributed by atoms with Crippen LogP contribution >= 0.6 is 0 Å². The fourth-order valence-corrected chi connectivity index (χ4v) is 2.57. The first-order valence-corrected chi connectivity index (χ1v) is 7.69. The predicted octanol–water partition coefficient (Wildman–Crippen LogP) is 1.87. The summed E-state index contributed by atoms with van der Waals surface area (Å²) in [5.74, 6) is 1.61. The number of benzene rings is 1. The van der Waals surface area contributed by atoms with Gasteiger partial charge in [-0.3, -0.25) is 0 Å². The fourth-order valence-electron chi connectivity index (χ4n) is 2.57. The van der Waals surface area contributed by atoms with E-state index in [1.807, 2.05) is 19.1 Å². The molecule has 0 fully saturated rings. The number of rotatable bonds is 6. The Hall–Kier alpha value is -2.54. The monoisotopic (exact) mass is 332 g/mol. The number of aromatic nitrogens is 2. The smallest absolute Gasteiger partial charge is 0.221 e. The Labute approximate surface area is 141 Å². The van der Waals surface area contributed by atoms with E-state index < -0.39 is 5.60 Å². The summed E-state index contributed by atoms with van der Waals surface area (Å²) in [7, 11) is 1.56. The third-order valence-corrected chi connectivity index (χ3v) is 3.57. The van der Waals surface area contributed by atoms with Crippen LogP contribution in [0.4, 0.5) is 11.8 Å². The van der Waals surface area contributed by atoms with Crippen LogP contribution in [0.25, 0.3) is 0 Å². The molecular weight excluding hydrogens is 308 g/mol. The van der Waals surface area contributed by atoms with E-state index in [0.717, 1.165) is 11.1 Å². The van der Waals surface area contributed by atoms with Gasteiger partial charge in [0.2, 0.25) is 5.95 Å². The molecule has 0 spiro atoms. The summed E-state index contributed by atoms with van der Waals surface area (Å²) in [6.45, 7) is 5.75. The lowest BCUT2D eigenvalue weighted by atomic mass is 9.93. The van der Waals surface area contributed by atoms with E-state index in [0.29, 0.717) is 35.9 Å². The van der Waals surface area contributed by atoms with Crippen molar-refractivity contribution in [2.75, 3.05) is 25.2 Å². The maximum Gasteiger partial charge on any atom is 0.221 e. The van der Waals surface area contributed by atoms with Gasteiger partial charge in [-0.2, -0.15) is 4.98 Å². The quantitative estimate of drug-likeness (QED) is 0.739. The molecule has 0 aliphatic rings. The molecule has 1 aromatic heterocycles. The van der Waals surface area contributed by atoms with Crippen molar-refractivity contribution in [1.29, 1.82) is 0 Å². The van der Waals surface area contributed by atoms with Gasteiger partial charge >= 0.3 is 0 Å². The molecule has 0 amide bonds. The van der Waals surface area contributed by atoms with Gasteiger partial charge in [0.05, 0.1) is 24.9 Å². The summed E-state index contributed by atoms with van der Waals surface area (Å²) in [5.41, 5.74) is 12.6. The zero-order chi connectivity index (χ0) is 17.9. The maximum atomic E-state index is 10.4. The first-order valence-electron chi connectivity index (χ1n) is 7.69. The first kappa shape index (κ1) is 17.8. The molecule has 0 saturated heterocycles. The number of nitrogen functional groups attached to an aromatic ring is 2. The highest BCUT2D eigenvalue weighted by Gasteiger charge is 2.27. The normalized spacial score (nSPS) is 11.4. The SMILES string of the molecule is CCOc1cc(Cc2cnc(N)nc2N)cc(OC)c1C(C)(C)O. The van der Waals surface area contributed by atoms with Crippen molar-refractivity contribution in [1.82, 2.24) is 9.97 Å². The lowest BCUT2D eigenvalue weighted by Gasteiger charge is -2.25. The van der Waals surface area contributed by atoms with Crippen molar-refractivity contribution < 1.29 is 14.6 Å². The van der Waals surface area contributed by atoms with E-state index in [1.54, 1.807) is 27.2 Å². The summed E-state index contributed by atoms with van der Waals surface area (Å²) in [4.78, 5) is 7.95. The summed E-state index contributed by atoms with van der Waals surface area (Å²) < 4.78 is 11.2. The first-order chi connectivity index (χ1) is 11.3. The molecule has 7 heteroatoms. The lowest BCUT2D eigenvalue weighted by Crippen LogP contribution is -2.19. The lowest BCUT2D eigenvalue weighted by molar-refractivity contribution is 0.0718. The Bertz CT molecular complexity index is 727. The van der Waals surface area contributed by atoms with Gasteiger partial charge in [-0.15, -0.1) is 0 Å². The Balaban J connectivity index is 2.49. The molecule has 24 heavy (non-hydrogen) atoms. The maximum absolute atomic E-state index is 10.4. The highest BCUT2D eigenvalue weighted by Crippen LogP contribution is 2.39. The third kappa shape index (κ3) is 3.86. The van der Waals surface area contributed by atoms with Gasteiger partial charge in [0.1, 0.15) is 17.3 Å². The highest BCUT2D eigenvalue weighted by atomic mass is 16.5. The van der Waals surface area contributed by atoms with Gasteiger partial charge in [-0.25, -0.2) is 4.98 Å². The van der Waals surface area contributed by atoms with Crippen LogP contribution in [0.5, 0.6) is 11.5 Å². The molecule has 130 valence electrons. The predicted molar refractivity (Wildman–Crippen MR) is 93.1 cm³/mol. The molecule has 2 aromatic rings. The summed E-state index contributed by atoms with van der Waals surface area (Å²) >= 11 is 0. The number of ether oxygens (including phenoxy) is 2. The number of aliphatic hydroxyl groups is 1. The van der Waals surface area contributed by atoms with Gasteiger partial charge in [0.25, 0.3) is 0 Å². The van der Waals surface area contributed by atoms with Crippen molar-refractivity contribution >= 4 is 11.8 Å². The second-order valence-corrected chi connectivity index (χ2v) is 5.98. The average Bonchev–Trinajstić information content (AvgIpc) is 2.48. The Kier molecular flexibility index (Phi) is 5.14. The van der Waals surface area contributed by atoms with Gasteiger partial charge in [-0.05, 0) is 38.5 Å². The molecule has 5 N–H and O–H groups in total. The van der Waals surface area contributed by atoms with Gasteiger partial charge in [0, 0.05) is 18.2 Å². The van der Waals surface area contributed by atoms with Gasteiger partial charge in [-0.1, -0.05) is 0 Å². The molecule has 0 aliphatic heterocycles. The van der Waals surface area contributed by atoms with Crippen LogP contribution in [0, 0.1) is 0 Å². The Morgan fingerprint density at radius 3 is 2.42 bits per heavy atom. The van der Waals surface area contributed by atoms with Crippen molar-refractivity contribution in [2.45, 2.75) is 32.8 Å². The van der Waals surface area contributed by atoms with E-state index >= 15 is 0 Å². The Morgan fingerprint density at radius 1 is 1.21 bits per heavy atom. The number of hydrogen-bond acceptors (Lipinski definition) is 7. The van der Waals surface area contributed by atoms with Crippen molar-refractivity contribution in [3.63, 3.8) is 0 Å². The number of nitrogens with zero attached hydrogens (tertiary/aromatic N) is 2. The number of hydrogen-bond donors (Lipinski definition) is 3. The van der Waals surface area contributed by atoms with E-state index in [1.165, 1.54) is 0 Å². The second-order valence-electron chi connectivity index (χ2n) is 5.98. The number of methoxy groups -OCH3 is 1. The number of nitrogens with two attached hydrogens (primary N) is 2. The fraction of sp³-hybridized carbons (Fsp3) is 0.412. The van der Waals surface area contributed by atoms with Crippen molar-refractivity contribution in [2.24, 2.45) is 0 Å². The van der Waals surface area contributed by atoms with Crippen LogP contribution in [0.2, 0.25) is 0 Å². The van der Waals surface area contributed by atoms with E-state index in [2.05, 4.69) is 9.97 Å². The van der Waals surface area contributed by atoms with E-state index in [9.17, 15) is 5.11 Å². The largest absolute Gasteiger partial charge is 0.496 e. The van der Waals surface area contributed by atoms with Crippen molar-refractivity contribution in [3.05, 3.63) is 35.0 Å². The molecule has 2 rings (SSSR count). The molecule has 0 saturated carbocycles. The molecular formula is C17H24N4O3. The zero-order valence-corrected chi connectivity index (χ0v) is 14.5. The molecule has 0 bridgehead atoms. The third-order valence-electron chi connectivity index (χ3n) is 3.57. The number of anilines is 2. The van der Waals surface area contributed by atoms with E-state index in [4.69, 9.17) is 20.9 Å². The highest BCUT2D eigenvalue weighted by molar-refractivity contribution is 5.53. The Morgan fingerprint density at radius 2 is 1.88 bits per heavy atom.